The summed E-state index contributed by atoms with van der Waals surface area (Å²) in [6, 6.07) is 0. The minimum atomic E-state index is -2.17. The molecule has 0 saturated carbocycles. The molecule has 0 heterocycles. The Bertz CT molecular complexity index is 30.3. The van der Waals surface area contributed by atoms with Crippen LogP contribution in [0.25, 0.3) is 0 Å². The summed E-state index contributed by atoms with van der Waals surface area (Å²) in [4.78, 5) is 0. The Kier molecular flexibility index (Phi) is 13.5. The maximum Gasteiger partial charge on any atom is 0.631 e. The fraction of sp³-hybridized carbons (Fsp3) is 0. The zero-order valence-corrected chi connectivity index (χ0v) is 2.94. The summed E-state index contributed by atoms with van der Waals surface area (Å²) in [6.07, 6.45) is 0. The molecule has 0 aromatic carbocycles. The summed E-state index contributed by atoms with van der Waals surface area (Å²) in [5.74, 6) is 0. The van der Waals surface area contributed by atoms with Crippen LogP contribution >= 0.6 is 0 Å². The van der Waals surface area contributed by atoms with Crippen molar-refractivity contribution in [2.24, 2.45) is 0 Å². The molecule has 3 N–H and O–H groups in total. The molecule has 0 aliphatic heterocycles. The third kappa shape index (κ3) is 351. The van der Waals surface area contributed by atoms with E-state index in [0.717, 1.165) is 0 Å². The predicted molar refractivity (Wildman–Crippen MR) is 19.9 cm³/mol. The quantitative estimate of drug-likeness (QED) is 0.287. The number of hydrogen-bond acceptors (Lipinski definition) is 4. The Balaban J connectivity index is 0. The molecule has 0 amide bonds. The molecule has 0 spiro atoms. The molecule has 0 atom stereocenters. The summed E-state index contributed by atoms with van der Waals surface area (Å²) in [7, 11) is 1.33. The van der Waals surface area contributed by atoms with Crippen LogP contribution in [-0.4, -0.2) is 29.9 Å². The van der Waals surface area contributed by atoms with E-state index in [4.69, 9.17) is 20.2 Å². The van der Waals surface area contributed by atoms with Crippen LogP contribution < -0.4 is 0 Å². The molecule has 0 radical (unpaired) electrons. The van der Waals surface area contributed by atoms with Crippen molar-refractivity contribution in [3.63, 3.8) is 0 Å². The molecule has 6 heavy (non-hydrogen) atoms. The zero-order chi connectivity index (χ0) is 5.58. The van der Waals surface area contributed by atoms with Gasteiger partial charge >= 0.3 is 20.0 Å². The van der Waals surface area contributed by atoms with E-state index in [-0.39, 0.29) is 0 Å². The summed E-state index contributed by atoms with van der Waals surface area (Å²) in [6.45, 7) is 0. The molecule has 0 fully saturated rings. The van der Waals surface area contributed by atoms with Crippen LogP contribution in [0.4, 0.5) is 0 Å². The summed E-state index contributed by atoms with van der Waals surface area (Å²) in [5.41, 5.74) is 0. The minimum Gasteiger partial charge on any atom is -0.402 e. The second-order valence-electron chi connectivity index (χ2n) is 0.346. The molecule has 0 aromatic rings. The standard InChI is InChI=1S/BN.BH3O3/c1-2;2-1(3)4/h;2-4H. The van der Waals surface area contributed by atoms with Gasteiger partial charge in [0.25, 0.3) is 0 Å². The van der Waals surface area contributed by atoms with Crippen LogP contribution in [-0.2, 0) is 0 Å². The smallest absolute Gasteiger partial charge is 0.402 e. The average molecular weight is 86.7 g/mol. The molecule has 6 heteroatoms. The fourth-order valence-electron chi connectivity index (χ4n) is 0. The molecular weight excluding hydrogens is 83.6 g/mol. The predicted octanol–water partition coefficient (Wildman–Crippen LogP) is -2.42. The maximum atomic E-state index is 7.17. The molecule has 0 bridgehead atoms. The Morgan fingerprint density at radius 2 is 1.17 bits per heavy atom. The number of rotatable bonds is 0. The van der Waals surface area contributed by atoms with Crippen molar-refractivity contribution < 1.29 is 15.1 Å². The van der Waals surface area contributed by atoms with Gasteiger partial charge in [-0.3, -0.25) is 0 Å². The van der Waals surface area contributed by atoms with Crippen LogP contribution in [0.2, 0.25) is 0 Å². The first-order valence-electron chi connectivity index (χ1n) is 1.03. The Hall–Kier alpha value is -0.280. The monoisotopic (exact) mass is 87.0 g/mol. The van der Waals surface area contributed by atoms with Gasteiger partial charge in [0.15, 0.2) is 0 Å². The largest absolute Gasteiger partial charge is 0.631 e. The van der Waals surface area contributed by atoms with E-state index in [1.54, 1.807) is 0 Å². The van der Waals surface area contributed by atoms with Crippen molar-refractivity contribution in [1.82, 2.24) is 0 Å². The van der Waals surface area contributed by atoms with Gasteiger partial charge in [0, 0.05) is 0 Å². The summed E-state index contributed by atoms with van der Waals surface area (Å²) < 4.78 is 0. The van der Waals surface area contributed by atoms with Gasteiger partial charge in [-0.15, -0.1) is 0 Å². The van der Waals surface area contributed by atoms with Gasteiger partial charge in [0.2, 0.25) is 0 Å². The van der Waals surface area contributed by atoms with Crippen LogP contribution in [0.3, 0.4) is 0 Å². The molecule has 4 nitrogen and oxygen atoms in total. The molecule has 0 unspecified atom stereocenters. The Labute approximate surface area is 36.2 Å². The van der Waals surface area contributed by atoms with Crippen molar-refractivity contribution in [2.75, 3.05) is 0 Å². The van der Waals surface area contributed by atoms with E-state index in [9.17, 15) is 0 Å². The van der Waals surface area contributed by atoms with E-state index in [0.29, 0.717) is 0 Å². The van der Waals surface area contributed by atoms with Gasteiger partial charge in [0.1, 0.15) is 0 Å². The second kappa shape index (κ2) is 8.83. The van der Waals surface area contributed by atoms with Crippen molar-refractivity contribution >= 4 is 14.8 Å². The second-order valence-corrected chi connectivity index (χ2v) is 0.346. The van der Waals surface area contributed by atoms with Crippen LogP contribution in [0.5, 0.6) is 0 Å². The summed E-state index contributed by atoms with van der Waals surface area (Å²) >= 11 is 0. The number of hydrogen-bond donors (Lipinski definition) is 3. The van der Waals surface area contributed by atoms with Gasteiger partial charge in [-0.05, 0) is 0 Å². The topological polar surface area (TPSA) is 84.5 Å². The maximum absolute atomic E-state index is 7.17. The minimum absolute atomic E-state index is 2.17. The molecule has 0 aromatic heterocycles. The Morgan fingerprint density at radius 1 is 1.17 bits per heavy atom. The molecule has 0 rings (SSSR count). The van der Waals surface area contributed by atoms with E-state index in [1.165, 1.54) is 0 Å². The first kappa shape index (κ1) is 9.21. The molecule has 0 aliphatic rings. The fourth-order valence-corrected chi connectivity index (χ4v) is 0. The van der Waals surface area contributed by atoms with E-state index in [2.05, 4.69) is 7.49 Å². The van der Waals surface area contributed by atoms with Gasteiger partial charge in [-0.2, -0.15) is 0 Å². The van der Waals surface area contributed by atoms with E-state index < -0.39 is 7.32 Å². The van der Waals surface area contributed by atoms with Crippen molar-refractivity contribution in [1.29, 1.82) is 5.16 Å². The normalized spacial score (nSPS) is 5.33. The third-order valence-electron chi connectivity index (χ3n) is 0. The molecule has 0 aliphatic carbocycles. The third-order valence-corrected chi connectivity index (χ3v) is 0. The van der Waals surface area contributed by atoms with Gasteiger partial charge in [0.05, 0.1) is 0 Å². The average Bonchev–Trinajstić information content (AvgIpc) is 1.41. The number of nitrogens with zero attached hydrogens (tertiary/aromatic N) is 1. The van der Waals surface area contributed by atoms with E-state index >= 15 is 0 Å². The van der Waals surface area contributed by atoms with Crippen LogP contribution in [0, 0.1) is 5.16 Å². The molecular formula is H3B2NO3. The first-order chi connectivity index (χ1) is 2.73. The van der Waals surface area contributed by atoms with Crippen molar-refractivity contribution in [2.45, 2.75) is 0 Å². The molecule has 32 valence electrons. The van der Waals surface area contributed by atoms with Gasteiger partial charge in [-0.25, -0.2) is 0 Å². The van der Waals surface area contributed by atoms with Crippen molar-refractivity contribution in [3.05, 3.63) is 0 Å². The SMILES string of the molecule is B#N.OB(O)O. The zero-order valence-electron chi connectivity index (χ0n) is 2.94. The van der Waals surface area contributed by atoms with Gasteiger partial charge < -0.3 is 15.1 Å². The first-order valence-corrected chi connectivity index (χ1v) is 1.03. The summed E-state index contributed by atoms with van der Waals surface area (Å²) in [5, 5.41) is 28.0. The Morgan fingerprint density at radius 3 is 1.17 bits per heavy atom. The van der Waals surface area contributed by atoms with Gasteiger partial charge in [-0.1, -0.05) is 0 Å². The van der Waals surface area contributed by atoms with Crippen LogP contribution in [0.1, 0.15) is 0 Å². The molecule has 0 saturated heterocycles. The van der Waals surface area contributed by atoms with Crippen LogP contribution in [0.15, 0.2) is 0 Å². The van der Waals surface area contributed by atoms with Crippen molar-refractivity contribution in [3.8, 4) is 0 Å². The van der Waals surface area contributed by atoms with E-state index in [1.807, 2.05) is 0 Å².